The summed E-state index contributed by atoms with van der Waals surface area (Å²) >= 11 is 0. The number of aromatic nitrogens is 3. The number of hydrogen-bond donors (Lipinski definition) is 1. The minimum Gasteiger partial charge on any atom is -0.379 e. The molecular formula is C22H22F3N5O3S. The highest BCUT2D eigenvalue weighted by molar-refractivity contribution is 7.89. The molecule has 0 radical (unpaired) electrons. The Bertz CT molecular complexity index is 1380. The zero-order chi connectivity index (χ0) is 24.8. The number of aryl methyl sites for hydroxylation is 1. The van der Waals surface area contributed by atoms with Crippen molar-refractivity contribution in [1.29, 1.82) is 5.26 Å². The van der Waals surface area contributed by atoms with Gasteiger partial charge >= 0.3 is 6.18 Å². The molecule has 0 aromatic carbocycles. The van der Waals surface area contributed by atoms with E-state index in [1.807, 2.05) is 11.5 Å². The van der Waals surface area contributed by atoms with E-state index in [0.717, 1.165) is 31.7 Å². The molecule has 3 heterocycles. The maximum Gasteiger partial charge on any atom is 0.404 e. The van der Waals surface area contributed by atoms with Gasteiger partial charge in [0.2, 0.25) is 10.0 Å². The van der Waals surface area contributed by atoms with E-state index in [-0.39, 0.29) is 12.1 Å². The van der Waals surface area contributed by atoms with Gasteiger partial charge in [0.25, 0.3) is 0 Å². The fraction of sp³-hybridized carbons (Fsp3) is 0.409. The lowest BCUT2D eigenvalue weighted by Gasteiger charge is -2.37. The Morgan fingerprint density at radius 2 is 2.00 bits per heavy atom. The summed E-state index contributed by atoms with van der Waals surface area (Å²) in [6.07, 6.45) is -2.20. The van der Waals surface area contributed by atoms with Gasteiger partial charge in [-0.25, -0.2) is 13.4 Å². The minimum absolute atomic E-state index is 0.0871. The SMILES string of the molecule is COC1CCC1n1c(-c2ccc(S(=O)(=O)N[C@@H](C)C(F)(F)F)cn2)c(C#N)c2ccc(C)nc21. The summed E-state index contributed by atoms with van der Waals surface area (Å²) in [6, 6.07) is 5.99. The lowest BCUT2D eigenvalue weighted by atomic mass is 9.88. The van der Waals surface area contributed by atoms with Crippen LogP contribution in [0.3, 0.4) is 0 Å². The van der Waals surface area contributed by atoms with Crippen LogP contribution in [0.5, 0.6) is 0 Å². The third-order valence-corrected chi connectivity index (χ3v) is 7.55. The molecule has 180 valence electrons. The lowest BCUT2D eigenvalue weighted by molar-refractivity contribution is -0.147. The molecule has 0 saturated heterocycles. The van der Waals surface area contributed by atoms with Crippen LogP contribution in [-0.2, 0) is 14.8 Å². The van der Waals surface area contributed by atoms with Crippen molar-refractivity contribution >= 4 is 21.1 Å². The van der Waals surface area contributed by atoms with Crippen LogP contribution in [0.15, 0.2) is 35.4 Å². The molecule has 1 N–H and O–H groups in total. The molecule has 3 aromatic heterocycles. The Morgan fingerprint density at radius 3 is 2.53 bits per heavy atom. The molecule has 1 aliphatic carbocycles. The summed E-state index contributed by atoms with van der Waals surface area (Å²) in [7, 11) is -2.85. The highest BCUT2D eigenvalue weighted by Gasteiger charge is 2.39. The monoisotopic (exact) mass is 493 g/mol. The normalized spacial score (nSPS) is 19.6. The van der Waals surface area contributed by atoms with Crippen molar-refractivity contribution in [2.75, 3.05) is 7.11 Å². The van der Waals surface area contributed by atoms with Crippen LogP contribution >= 0.6 is 0 Å². The first-order valence-corrected chi connectivity index (χ1v) is 12.0. The average molecular weight is 494 g/mol. The summed E-state index contributed by atoms with van der Waals surface area (Å²) in [6.45, 7) is 2.56. The van der Waals surface area contributed by atoms with Gasteiger partial charge in [0.15, 0.2) is 0 Å². The number of rotatable bonds is 6. The summed E-state index contributed by atoms with van der Waals surface area (Å²) in [5, 5.41) is 10.6. The number of ether oxygens (including phenoxy) is 1. The van der Waals surface area contributed by atoms with E-state index in [1.54, 1.807) is 24.0 Å². The molecule has 0 bridgehead atoms. The van der Waals surface area contributed by atoms with Crippen LogP contribution in [0.1, 0.15) is 37.1 Å². The molecule has 0 spiro atoms. The zero-order valence-electron chi connectivity index (χ0n) is 18.6. The number of nitriles is 1. The first kappa shape index (κ1) is 24.1. The van der Waals surface area contributed by atoms with Gasteiger partial charge in [0.1, 0.15) is 22.7 Å². The number of nitrogens with zero attached hydrogens (tertiary/aromatic N) is 4. The Kier molecular flexibility index (Phi) is 6.14. The number of hydrogen-bond acceptors (Lipinski definition) is 6. The Hall–Kier alpha value is -3.01. The fourth-order valence-corrected chi connectivity index (χ4v) is 5.21. The molecule has 12 heteroatoms. The van der Waals surface area contributed by atoms with Crippen LogP contribution in [0.2, 0.25) is 0 Å². The smallest absolute Gasteiger partial charge is 0.379 e. The number of sulfonamides is 1. The van der Waals surface area contributed by atoms with Crippen LogP contribution in [0, 0.1) is 18.3 Å². The molecule has 0 aliphatic heterocycles. The van der Waals surface area contributed by atoms with E-state index in [1.165, 1.54) is 12.1 Å². The lowest BCUT2D eigenvalue weighted by Crippen LogP contribution is -2.42. The second-order valence-corrected chi connectivity index (χ2v) is 9.93. The van der Waals surface area contributed by atoms with Crippen LogP contribution in [0.4, 0.5) is 13.2 Å². The predicted molar refractivity (Wildman–Crippen MR) is 117 cm³/mol. The van der Waals surface area contributed by atoms with E-state index in [0.29, 0.717) is 28.0 Å². The number of nitrogens with one attached hydrogen (secondary N) is 1. The molecule has 4 rings (SSSR count). The first-order chi connectivity index (χ1) is 16.0. The standard InChI is InChI=1S/C22H22F3N5O3S/c1-12-4-6-15-16(10-26)20(30(21(15)28-12)18-8-9-19(18)33-3)17-7-5-14(11-27-17)34(31,32)29-13(2)22(23,24)25/h4-7,11,13,18-19,29H,8-9H2,1-3H3/t13-,18?,19?/m0/s1. The van der Waals surface area contributed by atoms with Gasteiger partial charge in [-0.15, -0.1) is 0 Å². The van der Waals surface area contributed by atoms with E-state index in [2.05, 4.69) is 16.0 Å². The second-order valence-electron chi connectivity index (χ2n) is 8.21. The van der Waals surface area contributed by atoms with Crippen molar-refractivity contribution in [3.63, 3.8) is 0 Å². The fourth-order valence-electron chi connectivity index (χ4n) is 4.03. The van der Waals surface area contributed by atoms with Gasteiger partial charge in [-0.2, -0.15) is 23.2 Å². The number of methoxy groups -OCH3 is 1. The summed E-state index contributed by atoms with van der Waals surface area (Å²) in [4.78, 5) is 8.44. The van der Waals surface area contributed by atoms with E-state index in [4.69, 9.17) is 4.74 Å². The molecule has 0 amide bonds. The Labute approximate surface area is 194 Å². The minimum atomic E-state index is -4.73. The zero-order valence-corrected chi connectivity index (χ0v) is 19.4. The van der Waals surface area contributed by atoms with Crippen molar-refractivity contribution in [3.8, 4) is 17.5 Å². The van der Waals surface area contributed by atoms with Crippen molar-refractivity contribution < 1.29 is 26.3 Å². The van der Waals surface area contributed by atoms with E-state index >= 15 is 0 Å². The van der Waals surface area contributed by atoms with E-state index < -0.39 is 27.1 Å². The van der Waals surface area contributed by atoms with Gasteiger partial charge < -0.3 is 9.30 Å². The highest BCUT2D eigenvalue weighted by atomic mass is 32.2. The topological polar surface area (TPSA) is 110 Å². The van der Waals surface area contributed by atoms with E-state index in [9.17, 15) is 26.9 Å². The second kappa shape index (κ2) is 8.65. The van der Waals surface area contributed by atoms with Gasteiger partial charge in [-0.1, -0.05) is 0 Å². The van der Waals surface area contributed by atoms with Crippen molar-refractivity contribution in [3.05, 3.63) is 41.7 Å². The summed E-state index contributed by atoms with van der Waals surface area (Å²) in [5.41, 5.74) is 2.45. The molecular weight excluding hydrogens is 471 g/mol. The number of pyridine rings is 2. The highest BCUT2D eigenvalue weighted by Crippen LogP contribution is 2.42. The largest absolute Gasteiger partial charge is 0.404 e. The number of alkyl halides is 3. The van der Waals surface area contributed by atoms with Crippen LogP contribution in [0.25, 0.3) is 22.4 Å². The third-order valence-electron chi connectivity index (χ3n) is 6.02. The molecule has 2 unspecified atom stereocenters. The molecule has 3 atom stereocenters. The molecule has 1 aliphatic rings. The molecule has 1 fully saturated rings. The molecule has 3 aromatic rings. The quantitative estimate of drug-likeness (QED) is 0.559. The number of fused-ring (bicyclic) bond motifs is 1. The van der Waals surface area contributed by atoms with Crippen LogP contribution < -0.4 is 4.72 Å². The van der Waals surface area contributed by atoms with Crippen molar-refractivity contribution in [2.45, 2.75) is 55.9 Å². The third kappa shape index (κ3) is 4.15. The van der Waals surface area contributed by atoms with Gasteiger partial charge in [-0.3, -0.25) is 4.98 Å². The molecule has 1 saturated carbocycles. The van der Waals surface area contributed by atoms with Crippen molar-refractivity contribution in [2.24, 2.45) is 0 Å². The van der Waals surface area contributed by atoms with Gasteiger partial charge in [-0.05, 0) is 51.0 Å². The van der Waals surface area contributed by atoms with Crippen molar-refractivity contribution in [1.82, 2.24) is 19.3 Å². The maximum absolute atomic E-state index is 12.8. The first-order valence-electron chi connectivity index (χ1n) is 10.5. The predicted octanol–water partition coefficient (Wildman–Crippen LogP) is 3.86. The Balaban J connectivity index is 1.82. The molecule has 34 heavy (non-hydrogen) atoms. The summed E-state index contributed by atoms with van der Waals surface area (Å²) < 4.78 is 72.4. The maximum atomic E-state index is 12.8. The average Bonchev–Trinajstić information content (AvgIpc) is 3.05. The number of halogens is 3. The summed E-state index contributed by atoms with van der Waals surface area (Å²) in [5.74, 6) is 0. The van der Waals surface area contributed by atoms with Gasteiger partial charge in [0, 0.05) is 24.4 Å². The Morgan fingerprint density at radius 1 is 1.26 bits per heavy atom. The van der Waals surface area contributed by atoms with Gasteiger partial charge in [0.05, 0.1) is 29.1 Å². The van der Waals surface area contributed by atoms with Crippen LogP contribution in [-0.4, -0.2) is 48.4 Å². The molecule has 8 nitrogen and oxygen atoms in total.